The monoisotopic (exact) mass is 380 g/mol. The van der Waals surface area contributed by atoms with E-state index >= 15 is 0 Å². The minimum atomic E-state index is -3.98. The quantitative estimate of drug-likeness (QED) is 0.829. The van der Waals surface area contributed by atoms with Crippen molar-refractivity contribution in [3.05, 3.63) is 28.8 Å². The number of amides is 1. The van der Waals surface area contributed by atoms with Gasteiger partial charge in [0.15, 0.2) is 0 Å². The standard InChI is InChI=1S/C18H24N2O5S/c1-10-7-13(9-16(11(10)2)26(19,24)25)17(21)20-14-6-4-3-5-12(14)8-15(20)18(22)23/h7,9,12,14-15H,3-6,8H2,1-2H3,(H,22,23)(H2,19,24,25)/t12-,14-,15+/m1/s1. The lowest BCUT2D eigenvalue weighted by molar-refractivity contribution is -0.141. The number of carboxylic acid groups (broad SMARTS) is 1. The summed E-state index contributed by atoms with van der Waals surface area (Å²) in [4.78, 5) is 26.3. The van der Waals surface area contributed by atoms with E-state index in [2.05, 4.69) is 0 Å². The van der Waals surface area contributed by atoms with Crippen molar-refractivity contribution in [2.45, 2.75) is 62.9 Å². The molecule has 1 aliphatic heterocycles. The highest BCUT2D eigenvalue weighted by Gasteiger charge is 2.47. The van der Waals surface area contributed by atoms with Gasteiger partial charge in [-0.25, -0.2) is 18.4 Å². The number of nitrogens with zero attached hydrogens (tertiary/aromatic N) is 1. The number of nitrogens with two attached hydrogens (primary N) is 1. The van der Waals surface area contributed by atoms with E-state index in [1.807, 2.05) is 0 Å². The summed E-state index contributed by atoms with van der Waals surface area (Å²) >= 11 is 0. The summed E-state index contributed by atoms with van der Waals surface area (Å²) in [5.74, 6) is -1.25. The SMILES string of the molecule is Cc1cc(C(=O)N2[C@@H]3CCCC[C@@H]3C[C@H]2C(=O)O)cc(S(N)(=O)=O)c1C. The molecule has 7 nitrogen and oxygen atoms in total. The van der Waals surface area contributed by atoms with Crippen LogP contribution in [0.25, 0.3) is 0 Å². The molecule has 2 fully saturated rings. The highest BCUT2D eigenvalue weighted by molar-refractivity contribution is 7.89. The number of sulfonamides is 1. The van der Waals surface area contributed by atoms with Crippen LogP contribution in [0.2, 0.25) is 0 Å². The van der Waals surface area contributed by atoms with Crippen LogP contribution < -0.4 is 5.14 Å². The number of aliphatic carboxylic acids is 1. The Hall–Kier alpha value is -1.93. The molecule has 26 heavy (non-hydrogen) atoms. The fourth-order valence-corrected chi connectivity index (χ4v) is 5.25. The third-order valence-electron chi connectivity index (χ3n) is 5.78. The molecule has 0 spiro atoms. The predicted octanol–water partition coefficient (Wildman–Crippen LogP) is 1.81. The molecule has 1 saturated heterocycles. The zero-order chi connectivity index (χ0) is 19.2. The molecule has 1 heterocycles. The van der Waals surface area contributed by atoms with Crippen molar-refractivity contribution in [1.29, 1.82) is 0 Å². The molecule has 142 valence electrons. The lowest BCUT2D eigenvalue weighted by Crippen LogP contribution is -2.46. The molecule has 1 amide bonds. The van der Waals surface area contributed by atoms with E-state index in [0.717, 1.165) is 25.7 Å². The van der Waals surface area contributed by atoms with Gasteiger partial charge in [-0.15, -0.1) is 0 Å². The van der Waals surface area contributed by atoms with Gasteiger partial charge in [0, 0.05) is 11.6 Å². The average Bonchev–Trinajstić information content (AvgIpc) is 2.95. The lowest BCUT2D eigenvalue weighted by atomic mass is 9.84. The molecular formula is C18H24N2O5S. The van der Waals surface area contributed by atoms with Crippen molar-refractivity contribution in [1.82, 2.24) is 4.90 Å². The number of hydrogen-bond acceptors (Lipinski definition) is 4. The van der Waals surface area contributed by atoms with E-state index in [-0.39, 0.29) is 22.4 Å². The number of carboxylic acids is 1. The number of fused-ring (bicyclic) bond motifs is 1. The highest BCUT2D eigenvalue weighted by atomic mass is 32.2. The summed E-state index contributed by atoms with van der Waals surface area (Å²) in [5, 5.41) is 14.9. The number of hydrogen-bond donors (Lipinski definition) is 2. The van der Waals surface area contributed by atoms with E-state index in [1.165, 1.54) is 11.0 Å². The molecule has 0 radical (unpaired) electrons. The van der Waals surface area contributed by atoms with Crippen LogP contribution in [0.1, 0.15) is 53.6 Å². The second-order valence-corrected chi connectivity index (χ2v) is 8.91. The minimum absolute atomic E-state index is 0.0906. The molecule has 0 bridgehead atoms. The van der Waals surface area contributed by atoms with E-state index in [9.17, 15) is 23.1 Å². The molecule has 0 aromatic heterocycles. The highest BCUT2D eigenvalue weighted by Crippen LogP contribution is 2.40. The average molecular weight is 380 g/mol. The lowest BCUT2D eigenvalue weighted by Gasteiger charge is -2.33. The Morgan fingerprint density at radius 1 is 1.19 bits per heavy atom. The fourth-order valence-electron chi connectivity index (χ4n) is 4.37. The number of rotatable bonds is 3. The largest absolute Gasteiger partial charge is 0.480 e. The van der Waals surface area contributed by atoms with Gasteiger partial charge in [0.1, 0.15) is 6.04 Å². The van der Waals surface area contributed by atoms with Gasteiger partial charge in [0.05, 0.1) is 4.90 Å². The number of carbonyl (C=O) groups is 2. The molecule has 1 saturated carbocycles. The summed E-state index contributed by atoms with van der Waals surface area (Å²) in [7, 11) is -3.98. The number of primary sulfonamides is 1. The van der Waals surface area contributed by atoms with Crippen LogP contribution in [0.15, 0.2) is 17.0 Å². The molecule has 3 rings (SSSR count). The molecule has 1 aromatic carbocycles. The first-order valence-corrected chi connectivity index (χ1v) is 10.4. The van der Waals surface area contributed by atoms with Crippen molar-refractivity contribution >= 4 is 21.9 Å². The summed E-state index contributed by atoms with van der Waals surface area (Å²) in [6.45, 7) is 3.35. The fraction of sp³-hybridized carbons (Fsp3) is 0.556. The summed E-state index contributed by atoms with van der Waals surface area (Å²) in [5.41, 5.74) is 1.30. The van der Waals surface area contributed by atoms with Crippen molar-refractivity contribution < 1.29 is 23.1 Å². The van der Waals surface area contributed by atoms with Crippen molar-refractivity contribution in [3.63, 3.8) is 0 Å². The second-order valence-electron chi connectivity index (χ2n) is 7.38. The first kappa shape index (κ1) is 18.8. The Morgan fingerprint density at radius 3 is 2.46 bits per heavy atom. The van der Waals surface area contributed by atoms with Crippen LogP contribution in [-0.4, -0.2) is 42.4 Å². The Morgan fingerprint density at radius 2 is 1.85 bits per heavy atom. The third-order valence-corrected chi connectivity index (χ3v) is 6.82. The third kappa shape index (κ3) is 3.23. The topological polar surface area (TPSA) is 118 Å². The van der Waals surface area contributed by atoms with Crippen LogP contribution in [-0.2, 0) is 14.8 Å². The van der Waals surface area contributed by atoms with Crippen molar-refractivity contribution in [3.8, 4) is 0 Å². The summed E-state index contributed by atoms with van der Waals surface area (Å²) in [6, 6.07) is 1.92. The van der Waals surface area contributed by atoms with Crippen LogP contribution in [0.5, 0.6) is 0 Å². The summed E-state index contributed by atoms with van der Waals surface area (Å²) in [6.07, 6.45) is 4.18. The molecule has 1 aromatic rings. The van der Waals surface area contributed by atoms with Gasteiger partial charge in [0.2, 0.25) is 10.0 Å². The first-order valence-electron chi connectivity index (χ1n) is 8.80. The van der Waals surface area contributed by atoms with E-state index in [4.69, 9.17) is 5.14 Å². The van der Waals surface area contributed by atoms with Gasteiger partial charge in [0.25, 0.3) is 5.91 Å². The maximum atomic E-state index is 13.2. The van der Waals surface area contributed by atoms with Crippen LogP contribution in [0.3, 0.4) is 0 Å². The number of aryl methyl sites for hydroxylation is 1. The Labute approximate surface area is 153 Å². The van der Waals surface area contributed by atoms with Crippen molar-refractivity contribution in [2.75, 3.05) is 0 Å². The van der Waals surface area contributed by atoms with E-state index in [0.29, 0.717) is 17.5 Å². The molecule has 2 aliphatic rings. The number of carbonyl (C=O) groups excluding carboxylic acids is 1. The zero-order valence-corrected chi connectivity index (χ0v) is 15.8. The van der Waals surface area contributed by atoms with Crippen LogP contribution in [0, 0.1) is 19.8 Å². The summed E-state index contributed by atoms with van der Waals surface area (Å²) < 4.78 is 23.7. The molecule has 1 aliphatic carbocycles. The Kier molecular flexibility index (Phi) is 4.83. The normalized spacial score (nSPS) is 25.8. The van der Waals surface area contributed by atoms with Gasteiger partial charge in [-0.3, -0.25) is 4.79 Å². The van der Waals surface area contributed by atoms with Gasteiger partial charge in [-0.2, -0.15) is 0 Å². The van der Waals surface area contributed by atoms with E-state index in [1.54, 1.807) is 19.9 Å². The first-order chi connectivity index (χ1) is 12.1. The molecule has 3 atom stereocenters. The number of benzene rings is 1. The Bertz CT molecular complexity index is 865. The van der Waals surface area contributed by atoms with Gasteiger partial charge >= 0.3 is 5.97 Å². The molecule has 3 N–H and O–H groups in total. The Balaban J connectivity index is 2.05. The number of likely N-dealkylation sites (tertiary alicyclic amines) is 1. The van der Waals surface area contributed by atoms with Crippen LogP contribution in [0.4, 0.5) is 0 Å². The minimum Gasteiger partial charge on any atom is -0.480 e. The van der Waals surface area contributed by atoms with Crippen molar-refractivity contribution in [2.24, 2.45) is 11.1 Å². The van der Waals surface area contributed by atoms with Gasteiger partial charge in [-0.1, -0.05) is 12.8 Å². The van der Waals surface area contributed by atoms with E-state index < -0.39 is 27.9 Å². The zero-order valence-electron chi connectivity index (χ0n) is 14.9. The van der Waals surface area contributed by atoms with Gasteiger partial charge in [-0.05, 0) is 62.3 Å². The maximum absolute atomic E-state index is 13.2. The second kappa shape index (κ2) is 6.66. The van der Waals surface area contributed by atoms with Gasteiger partial charge < -0.3 is 10.0 Å². The smallest absolute Gasteiger partial charge is 0.326 e. The maximum Gasteiger partial charge on any atom is 0.326 e. The predicted molar refractivity (Wildman–Crippen MR) is 95.2 cm³/mol. The molecule has 8 heteroatoms. The molecule has 0 unspecified atom stereocenters. The molecular weight excluding hydrogens is 356 g/mol. The van der Waals surface area contributed by atoms with Crippen LogP contribution >= 0.6 is 0 Å².